The number of aromatic nitrogens is 1. The van der Waals surface area contributed by atoms with Gasteiger partial charge in [0.05, 0.1) is 0 Å². The fraction of sp³-hybridized carbons (Fsp3) is 0.467. The molecule has 4 nitrogen and oxygen atoms in total. The van der Waals surface area contributed by atoms with Gasteiger partial charge in [-0.25, -0.2) is 4.79 Å². The highest BCUT2D eigenvalue weighted by molar-refractivity contribution is 6.30. The normalized spacial score (nSPS) is 16.4. The number of carboxylic acid groups (broad SMARTS) is 1. The molecule has 0 spiro atoms. The lowest BCUT2D eigenvalue weighted by Crippen LogP contribution is -2.16. The lowest BCUT2D eigenvalue weighted by Gasteiger charge is -2.16. The number of carbonyl (C=O) groups is 1. The van der Waals surface area contributed by atoms with Gasteiger partial charge < -0.3 is 9.63 Å². The van der Waals surface area contributed by atoms with Gasteiger partial charge in [0.2, 0.25) is 0 Å². The number of allylic oxidation sites excluding steroid dienone is 4. The predicted molar refractivity (Wildman–Crippen MR) is 77.9 cm³/mol. The first kappa shape index (κ1) is 14.9. The van der Waals surface area contributed by atoms with Crippen LogP contribution in [0, 0.1) is 0 Å². The van der Waals surface area contributed by atoms with Gasteiger partial charge in [-0.1, -0.05) is 37.5 Å². The standard InChI is InChI=1S/C15H18ClNO3/c1-8-7-9(16)5-6-10(8)12-11(14(18)19)13(20-17-12)15(2,3)4/h7H,5-6H2,1-4H3,(H,18,19). The van der Waals surface area contributed by atoms with Crippen LogP contribution in [0.4, 0.5) is 0 Å². The first-order valence-corrected chi connectivity index (χ1v) is 6.89. The second kappa shape index (κ2) is 5.09. The molecule has 0 saturated carbocycles. The summed E-state index contributed by atoms with van der Waals surface area (Å²) in [6.45, 7) is 7.63. The minimum atomic E-state index is -1.01. The molecule has 0 unspecified atom stereocenters. The third kappa shape index (κ3) is 2.66. The van der Waals surface area contributed by atoms with Gasteiger partial charge in [0, 0.05) is 10.4 Å². The molecule has 0 saturated heterocycles. The summed E-state index contributed by atoms with van der Waals surface area (Å²) in [4.78, 5) is 11.6. The van der Waals surface area contributed by atoms with Crippen molar-refractivity contribution in [1.82, 2.24) is 5.16 Å². The van der Waals surface area contributed by atoms with E-state index >= 15 is 0 Å². The summed E-state index contributed by atoms with van der Waals surface area (Å²) in [6, 6.07) is 0. The number of rotatable bonds is 2. The van der Waals surface area contributed by atoms with Gasteiger partial charge in [-0.05, 0) is 37.0 Å². The highest BCUT2D eigenvalue weighted by Crippen LogP contribution is 2.37. The van der Waals surface area contributed by atoms with Gasteiger partial charge in [0.15, 0.2) is 5.76 Å². The lowest BCUT2D eigenvalue weighted by molar-refractivity contribution is 0.0692. The van der Waals surface area contributed by atoms with E-state index in [1.807, 2.05) is 33.8 Å². The number of hydrogen-bond acceptors (Lipinski definition) is 3. The van der Waals surface area contributed by atoms with Crippen LogP contribution in [0.15, 0.2) is 21.2 Å². The maximum absolute atomic E-state index is 11.6. The van der Waals surface area contributed by atoms with Crippen LogP contribution in [0.3, 0.4) is 0 Å². The van der Waals surface area contributed by atoms with Crippen molar-refractivity contribution in [3.63, 3.8) is 0 Å². The first-order chi connectivity index (χ1) is 9.21. The maximum Gasteiger partial charge on any atom is 0.341 e. The fourth-order valence-corrected chi connectivity index (χ4v) is 2.61. The highest BCUT2D eigenvalue weighted by Gasteiger charge is 2.32. The Labute approximate surface area is 123 Å². The van der Waals surface area contributed by atoms with Gasteiger partial charge in [0.1, 0.15) is 11.3 Å². The zero-order valence-electron chi connectivity index (χ0n) is 12.1. The molecule has 2 rings (SSSR count). The van der Waals surface area contributed by atoms with Crippen molar-refractivity contribution in [3.05, 3.63) is 33.7 Å². The summed E-state index contributed by atoms with van der Waals surface area (Å²) >= 11 is 6.01. The molecule has 0 atom stereocenters. The number of hydrogen-bond donors (Lipinski definition) is 1. The van der Waals surface area contributed by atoms with Crippen LogP contribution in [-0.2, 0) is 5.41 Å². The van der Waals surface area contributed by atoms with E-state index in [4.69, 9.17) is 16.1 Å². The Morgan fingerprint density at radius 1 is 1.40 bits per heavy atom. The third-order valence-electron chi connectivity index (χ3n) is 3.34. The zero-order chi connectivity index (χ0) is 15.1. The van der Waals surface area contributed by atoms with E-state index in [0.29, 0.717) is 24.3 Å². The second-order valence-corrected chi connectivity index (χ2v) is 6.53. The summed E-state index contributed by atoms with van der Waals surface area (Å²) in [5.41, 5.74) is 2.03. The molecule has 0 bridgehead atoms. The largest absolute Gasteiger partial charge is 0.477 e. The van der Waals surface area contributed by atoms with E-state index in [1.54, 1.807) is 0 Å². The Balaban J connectivity index is 2.63. The molecule has 0 fully saturated rings. The average molecular weight is 296 g/mol. The summed E-state index contributed by atoms with van der Waals surface area (Å²) in [6.07, 6.45) is 3.24. The van der Waals surface area contributed by atoms with E-state index < -0.39 is 11.4 Å². The first-order valence-electron chi connectivity index (χ1n) is 6.51. The zero-order valence-corrected chi connectivity index (χ0v) is 12.8. The van der Waals surface area contributed by atoms with E-state index in [2.05, 4.69) is 5.16 Å². The second-order valence-electron chi connectivity index (χ2n) is 6.04. The van der Waals surface area contributed by atoms with Crippen molar-refractivity contribution in [2.45, 2.75) is 46.0 Å². The van der Waals surface area contributed by atoms with Crippen LogP contribution in [0.25, 0.3) is 5.57 Å². The number of halogens is 1. The Kier molecular flexibility index (Phi) is 3.78. The molecule has 5 heteroatoms. The Morgan fingerprint density at radius 2 is 2.05 bits per heavy atom. The molecule has 1 aromatic heterocycles. The molecular weight excluding hydrogens is 278 g/mol. The van der Waals surface area contributed by atoms with Gasteiger partial charge in [-0.2, -0.15) is 0 Å². The smallest absolute Gasteiger partial charge is 0.341 e. The van der Waals surface area contributed by atoms with Crippen molar-refractivity contribution in [2.24, 2.45) is 0 Å². The third-order valence-corrected chi connectivity index (χ3v) is 3.63. The summed E-state index contributed by atoms with van der Waals surface area (Å²) in [7, 11) is 0. The van der Waals surface area contributed by atoms with Crippen molar-refractivity contribution in [1.29, 1.82) is 0 Å². The molecule has 108 valence electrons. The van der Waals surface area contributed by atoms with E-state index in [0.717, 1.165) is 16.2 Å². The molecule has 1 N–H and O–H groups in total. The topological polar surface area (TPSA) is 63.3 Å². The Bertz CT molecular complexity index is 618. The molecule has 0 radical (unpaired) electrons. The van der Waals surface area contributed by atoms with Crippen molar-refractivity contribution < 1.29 is 14.4 Å². The lowest BCUT2D eigenvalue weighted by atomic mass is 9.87. The summed E-state index contributed by atoms with van der Waals surface area (Å²) in [5.74, 6) is -0.604. The van der Waals surface area contributed by atoms with E-state index in [9.17, 15) is 9.90 Å². The molecular formula is C15H18ClNO3. The molecule has 0 amide bonds. The SMILES string of the molecule is CC1=C(c2noc(C(C)(C)C)c2C(=O)O)CCC(Cl)=C1. The Morgan fingerprint density at radius 3 is 2.55 bits per heavy atom. The molecule has 1 aliphatic rings. The van der Waals surface area contributed by atoms with Crippen LogP contribution in [0.2, 0.25) is 0 Å². The maximum atomic E-state index is 11.6. The van der Waals surface area contributed by atoms with Crippen LogP contribution >= 0.6 is 11.6 Å². The Hall–Kier alpha value is -1.55. The van der Waals surface area contributed by atoms with Crippen molar-refractivity contribution in [2.75, 3.05) is 0 Å². The van der Waals surface area contributed by atoms with E-state index in [1.165, 1.54) is 0 Å². The van der Waals surface area contributed by atoms with Gasteiger partial charge in [0.25, 0.3) is 0 Å². The van der Waals surface area contributed by atoms with Gasteiger partial charge in [-0.3, -0.25) is 0 Å². The minimum absolute atomic E-state index is 0.165. The van der Waals surface area contributed by atoms with Crippen LogP contribution < -0.4 is 0 Å². The highest BCUT2D eigenvalue weighted by atomic mass is 35.5. The van der Waals surface area contributed by atoms with E-state index in [-0.39, 0.29) is 5.56 Å². The molecule has 1 aliphatic carbocycles. The molecule has 0 aromatic carbocycles. The average Bonchev–Trinajstić information content (AvgIpc) is 2.72. The monoisotopic (exact) mass is 295 g/mol. The van der Waals surface area contributed by atoms with Gasteiger partial charge >= 0.3 is 5.97 Å². The molecule has 1 heterocycles. The summed E-state index contributed by atoms with van der Waals surface area (Å²) in [5, 5.41) is 14.3. The molecule has 1 aromatic rings. The number of nitrogens with zero attached hydrogens (tertiary/aromatic N) is 1. The quantitative estimate of drug-likeness (QED) is 0.880. The van der Waals surface area contributed by atoms with Gasteiger partial charge in [-0.15, -0.1) is 0 Å². The summed E-state index contributed by atoms with van der Waals surface area (Å²) < 4.78 is 5.33. The minimum Gasteiger partial charge on any atom is -0.477 e. The molecule has 0 aliphatic heterocycles. The fourth-order valence-electron chi connectivity index (χ4n) is 2.35. The number of carboxylic acids is 1. The van der Waals surface area contributed by atoms with Crippen molar-refractivity contribution in [3.8, 4) is 0 Å². The van der Waals surface area contributed by atoms with Crippen LogP contribution in [0.5, 0.6) is 0 Å². The van der Waals surface area contributed by atoms with Crippen molar-refractivity contribution >= 4 is 23.1 Å². The molecule has 20 heavy (non-hydrogen) atoms. The predicted octanol–water partition coefficient (Wildman–Crippen LogP) is 4.36. The van der Waals surface area contributed by atoms with Crippen LogP contribution in [0.1, 0.15) is 62.3 Å². The van der Waals surface area contributed by atoms with Crippen LogP contribution in [-0.4, -0.2) is 16.2 Å². The number of aromatic carboxylic acids is 1.